The summed E-state index contributed by atoms with van der Waals surface area (Å²) in [6.07, 6.45) is 1.54. The molecule has 1 heterocycles. The lowest BCUT2D eigenvalue weighted by Crippen LogP contribution is -2.30. The van der Waals surface area contributed by atoms with Crippen molar-refractivity contribution in [3.05, 3.63) is 59.8 Å². The molecular formula is C20H18N2O6. The monoisotopic (exact) mass is 382 g/mol. The van der Waals surface area contributed by atoms with E-state index in [0.29, 0.717) is 22.7 Å². The Morgan fingerprint density at radius 3 is 2.50 bits per heavy atom. The van der Waals surface area contributed by atoms with E-state index in [9.17, 15) is 14.4 Å². The maximum Gasteiger partial charge on any atom is 0.343 e. The van der Waals surface area contributed by atoms with Gasteiger partial charge in [-0.1, -0.05) is 24.3 Å². The molecule has 0 aliphatic carbocycles. The van der Waals surface area contributed by atoms with Crippen LogP contribution in [0.4, 0.5) is 10.5 Å². The van der Waals surface area contributed by atoms with Gasteiger partial charge in [-0.05, 0) is 35.9 Å². The van der Waals surface area contributed by atoms with Crippen molar-refractivity contribution in [3.8, 4) is 11.5 Å². The summed E-state index contributed by atoms with van der Waals surface area (Å²) in [5, 5.41) is 2.57. The van der Waals surface area contributed by atoms with Gasteiger partial charge in [-0.25, -0.2) is 14.5 Å². The Kier molecular flexibility index (Phi) is 5.59. The molecule has 1 fully saturated rings. The first-order valence-electron chi connectivity index (χ1n) is 8.33. The predicted octanol–water partition coefficient (Wildman–Crippen LogP) is 2.34. The van der Waals surface area contributed by atoms with E-state index in [0.717, 1.165) is 4.90 Å². The number of ether oxygens (including phenoxy) is 3. The molecule has 8 nitrogen and oxygen atoms in total. The molecule has 0 unspecified atom stereocenters. The van der Waals surface area contributed by atoms with Crippen molar-refractivity contribution in [1.29, 1.82) is 0 Å². The van der Waals surface area contributed by atoms with Gasteiger partial charge in [0.2, 0.25) is 0 Å². The molecule has 28 heavy (non-hydrogen) atoms. The van der Waals surface area contributed by atoms with E-state index in [4.69, 9.17) is 9.47 Å². The highest BCUT2D eigenvalue weighted by Gasteiger charge is 2.34. The van der Waals surface area contributed by atoms with E-state index >= 15 is 0 Å². The molecule has 0 aromatic heterocycles. The third kappa shape index (κ3) is 3.96. The van der Waals surface area contributed by atoms with Gasteiger partial charge in [0.25, 0.3) is 5.91 Å². The Labute approximate surface area is 161 Å². The second kappa shape index (κ2) is 8.26. The lowest BCUT2D eigenvalue weighted by molar-refractivity contribution is -0.142. The number of anilines is 1. The zero-order valence-electron chi connectivity index (χ0n) is 15.3. The second-order valence-electron chi connectivity index (χ2n) is 5.74. The van der Waals surface area contributed by atoms with Crippen molar-refractivity contribution in [2.75, 3.05) is 25.7 Å². The molecule has 2 aromatic carbocycles. The fourth-order valence-electron chi connectivity index (χ4n) is 2.60. The Morgan fingerprint density at radius 1 is 1.07 bits per heavy atom. The Morgan fingerprint density at radius 2 is 1.82 bits per heavy atom. The largest absolute Gasteiger partial charge is 0.493 e. The van der Waals surface area contributed by atoms with Crippen molar-refractivity contribution >= 4 is 29.7 Å². The molecule has 2 aromatic rings. The smallest absolute Gasteiger partial charge is 0.343 e. The van der Waals surface area contributed by atoms with E-state index < -0.39 is 17.9 Å². The van der Waals surface area contributed by atoms with Gasteiger partial charge < -0.3 is 19.5 Å². The van der Waals surface area contributed by atoms with Gasteiger partial charge in [0.15, 0.2) is 18.1 Å². The number of nitrogens with zero attached hydrogens (tertiary/aromatic N) is 1. The lowest BCUT2D eigenvalue weighted by atomic mass is 10.1. The number of amides is 3. The number of rotatable bonds is 6. The van der Waals surface area contributed by atoms with Crippen LogP contribution in [-0.4, -0.2) is 38.7 Å². The number of benzene rings is 2. The first-order chi connectivity index (χ1) is 13.5. The average molecular weight is 382 g/mol. The maximum atomic E-state index is 12.6. The Balaban J connectivity index is 1.82. The van der Waals surface area contributed by atoms with Crippen LogP contribution in [0.5, 0.6) is 11.5 Å². The van der Waals surface area contributed by atoms with Gasteiger partial charge in [-0.3, -0.25) is 4.79 Å². The number of hydrogen-bond donors (Lipinski definition) is 1. The topological polar surface area (TPSA) is 94.2 Å². The first kappa shape index (κ1) is 19.0. The number of carbonyl (C=O) groups excluding carboxylic acids is 3. The summed E-state index contributed by atoms with van der Waals surface area (Å²) in [4.78, 5) is 37.1. The molecule has 3 rings (SSSR count). The Bertz CT molecular complexity index is 939. The quantitative estimate of drug-likeness (QED) is 0.468. The van der Waals surface area contributed by atoms with Crippen LogP contribution in [0.2, 0.25) is 0 Å². The third-order valence-corrected chi connectivity index (χ3v) is 3.96. The van der Waals surface area contributed by atoms with Gasteiger partial charge in [-0.2, -0.15) is 0 Å². The summed E-state index contributed by atoms with van der Waals surface area (Å²) in [6, 6.07) is 13.0. The summed E-state index contributed by atoms with van der Waals surface area (Å²) in [5.41, 5.74) is 1.23. The fourth-order valence-corrected chi connectivity index (χ4v) is 2.60. The summed E-state index contributed by atoms with van der Waals surface area (Å²) < 4.78 is 15.1. The normalized spacial score (nSPS) is 14.8. The number of urea groups is 1. The zero-order valence-corrected chi connectivity index (χ0v) is 15.3. The van der Waals surface area contributed by atoms with Crippen LogP contribution in [0.3, 0.4) is 0 Å². The van der Waals surface area contributed by atoms with Crippen molar-refractivity contribution in [2.45, 2.75) is 0 Å². The number of carbonyl (C=O) groups is 3. The van der Waals surface area contributed by atoms with Gasteiger partial charge in [0, 0.05) is 0 Å². The molecule has 3 amide bonds. The van der Waals surface area contributed by atoms with Crippen molar-refractivity contribution in [3.63, 3.8) is 0 Å². The molecule has 0 saturated carbocycles. The summed E-state index contributed by atoms with van der Waals surface area (Å²) >= 11 is 0. The van der Waals surface area contributed by atoms with Crippen molar-refractivity contribution in [2.24, 2.45) is 0 Å². The Hall–Kier alpha value is -3.81. The number of hydrogen-bond acceptors (Lipinski definition) is 6. The molecule has 0 bridgehead atoms. The van der Waals surface area contributed by atoms with E-state index in [1.165, 1.54) is 20.3 Å². The average Bonchev–Trinajstić information content (AvgIpc) is 3.00. The minimum atomic E-state index is -0.521. The van der Waals surface area contributed by atoms with Crippen LogP contribution < -0.4 is 19.7 Å². The minimum Gasteiger partial charge on any atom is -0.493 e. The molecule has 8 heteroatoms. The van der Waals surface area contributed by atoms with Crippen molar-refractivity contribution < 1.29 is 28.6 Å². The highest BCUT2D eigenvalue weighted by atomic mass is 16.6. The number of para-hydroxylation sites is 1. The minimum absolute atomic E-state index is 0.138. The van der Waals surface area contributed by atoms with Gasteiger partial charge in [-0.15, -0.1) is 0 Å². The first-order valence-corrected chi connectivity index (χ1v) is 8.33. The molecule has 0 atom stereocenters. The van der Waals surface area contributed by atoms with Crippen LogP contribution >= 0.6 is 0 Å². The molecule has 1 saturated heterocycles. The molecule has 144 valence electrons. The zero-order chi connectivity index (χ0) is 20.1. The lowest BCUT2D eigenvalue weighted by Gasteiger charge is -2.11. The number of imide groups is 1. The molecule has 0 spiro atoms. The molecule has 1 N–H and O–H groups in total. The molecule has 1 aliphatic heterocycles. The van der Waals surface area contributed by atoms with E-state index in [2.05, 4.69) is 10.1 Å². The van der Waals surface area contributed by atoms with E-state index in [1.54, 1.807) is 48.5 Å². The predicted molar refractivity (Wildman–Crippen MR) is 101 cm³/mol. The second-order valence-corrected chi connectivity index (χ2v) is 5.74. The van der Waals surface area contributed by atoms with Gasteiger partial charge in [0.1, 0.15) is 5.70 Å². The van der Waals surface area contributed by atoms with Crippen LogP contribution in [0, 0.1) is 0 Å². The van der Waals surface area contributed by atoms with Crippen LogP contribution in [0.15, 0.2) is 54.2 Å². The molecular weight excluding hydrogens is 364 g/mol. The van der Waals surface area contributed by atoms with Gasteiger partial charge in [0.05, 0.1) is 19.9 Å². The van der Waals surface area contributed by atoms with Crippen LogP contribution in [0.25, 0.3) is 6.08 Å². The maximum absolute atomic E-state index is 12.6. The van der Waals surface area contributed by atoms with E-state index in [-0.39, 0.29) is 12.3 Å². The summed E-state index contributed by atoms with van der Waals surface area (Å²) in [7, 11) is 2.72. The van der Waals surface area contributed by atoms with Crippen LogP contribution in [0.1, 0.15) is 5.56 Å². The van der Waals surface area contributed by atoms with Crippen LogP contribution in [-0.2, 0) is 14.3 Å². The number of esters is 1. The third-order valence-electron chi connectivity index (χ3n) is 3.96. The summed E-state index contributed by atoms with van der Waals surface area (Å²) in [5.74, 6) is -0.257. The van der Waals surface area contributed by atoms with Gasteiger partial charge >= 0.3 is 12.0 Å². The SMILES string of the molecule is COC(=O)COc1ccc(/C=C2/NC(=O)N(c3ccccc3)C2=O)cc1OC. The summed E-state index contributed by atoms with van der Waals surface area (Å²) in [6.45, 7) is -0.256. The number of methoxy groups -OCH3 is 2. The highest BCUT2D eigenvalue weighted by molar-refractivity contribution is 6.28. The molecule has 1 aliphatic rings. The standard InChI is InChI=1S/C20H18N2O6/c1-26-17-11-13(8-9-16(17)28-12-18(23)27-2)10-15-19(24)22(20(25)21-15)14-6-4-3-5-7-14/h3-11H,12H2,1-2H3,(H,21,25)/b15-10+. The fraction of sp³-hybridized carbons (Fsp3) is 0.150. The van der Waals surface area contributed by atoms with E-state index in [1.807, 2.05) is 0 Å². The highest BCUT2D eigenvalue weighted by Crippen LogP contribution is 2.29. The molecule has 0 radical (unpaired) electrons. The number of nitrogens with one attached hydrogen (secondary N) is 1. The van der Waals surface area contributed by atoms with Crippen molar-refractivity contribution in [1.82, 2.24) is 5.32 Å².